The molecule has 0 saturated carbocycles. The van der Waals surface area contributed by atoms with Crippen LogP contribution in [-0.2, 0) is 6.54 Å². The first-order valence-corrected chi connectivity index (χ1v) is 12.0. The van der Waals surface area contributed by atoms with Gasteiger partial charge in [-0.15, -0.1) is 0 Å². The van der Waals surface area contributed by atoms with Gasteiger partial charge in [0.1, 0.15) is 0 Å². The van der Waals surface area contributed by atoms with Crippen molar-refractivity contribution in [1.82, 2.24) is 5.32 Å². The van der Waals surface area contributed by atoms with Crippen LogP contribution in [-0.4, -0.2) is 13.0 Å². The molecule has 0 saturated heterocycles. The summed E-state index contributed by atoms with van der Waals surface area (Å²) in [6, 6.07) is 39.5. The van der Waals surface area contributed by atoms with Gasteiger partial charge in [0.25, 0.3) is 5.91 Å². The molecule has 4 heteroatoms. The molecule has 0 bridgehead atoms. The van der Waals surface area contributed by atoms with Crippen molar-refractivity contribution >= 4 is 28.9 Å². The number of carbonyl (C=O) groups is 1. The van der Waals surface area contributed by atoms with E-state index in [1.165, 1.54) is 15.9 Å². The SMILES string of the molecule is CNC(=O)c1ccc(CN=P(c2ccccc2)(c2ccccc2)c2ccccc2)cc1. The van der Waals surface area contributed by atoms with E-state index in [1.54, 1.807) is 7.05 Å². The van der Waals surface area contributed by atoms with Crippen molar-refractivity contribution < 1.29 is 4.79 Å². The van der Waals surface area contributed by atoms with Crippen LogP contribution in [0.5, 0.6) is 0 Å². The summed E-state index contributed by atoms with van der Waals surface area (Å²) in [7, 11) is -0.567. The molecular formula is C27H25N2OP. The molecule has 0 unspecified atom stereocenters. The summed E-state index contributed by atoms with van der Waals surface area (Å²) >= 11 is 0. The molecule has 31 heavy (non-hydrogen) atoms. The van der Waals surface area contributed by atoms with Crippen LogP contribution < -0.4 is 21.2 Å². The van der Waals surface area contributed by atoms with Crippen LogP contribution in [0.15, 0.2) is 120 Å². The summed E-state index contributed by atoms with van der Waals surface area (Å²) in [6.45, 7) is 0.570. The summed E-state index contributed by atoms with van der Waals surface area (Å²) in [6.07, 6.45) is 0. The topological polar surface area (TPSA) is 41.5 Å². The van der Waals surface area contributed by atoms with Gasteiger partial charge in [0.15, 0.2) is 0 Å². The number of hydrogen-bond donors (Lipinski definition) is 1. The number of hydrogen-bond acceptors (Lipinski definition) is 2. The lowest BCUT2D eigenvalue weighted by atomic mass is 10.1. The third-order valence-electron chi connectivity index (χ3n) is 5.30. The maximum absolute atomic E-state index is 11.9. The Balaban J connectivity index is 1.89. The van der Waals surface area contributed by atoms with E-state index in [0.717, 1.165) is 5.56 Å². The molecule has 3 nitrogen and oxygen atoms in total. The van der Waals surface area contributed by atoms with Crippen LogP contribution in [0, 0.1) is 0 Å². The van der Waals surface area contributed by atoms with Crippen molar-refractivity contribution in [1.29, 1.82) is 0 Å². The second kappa shape index (κ2) is 9.59. The molecule has 0 radical (unpaired) electrons. The van der Waals surface area contributed by atoms with Gasteiger partial charge in [0.05, 0.1) is 13.6 Å². The van der Waals surface area contributed by atoms with Crippen LogP contribution in [0.25, 0.3) is 0 Å². The zero-order valence-corrected chi connectivity index (χ0v) is 18.4. The highest BCUT2D eigenvalue weighted by atomic mass is 31.2. The Morgan fingerprint density at radius 2 is 1.10 bits per heavy atom. The minimum atomic E-state index is -2.21. The zero-order chi connectivity index (χ0) is 21.5. The molecule has 0 aliphatic heterocycles. The van der Waals surface area contributed by atoms with E-state index in [9.17, 15) is 4.79 Å². The number of amides is 1. The minimum Gasteiger partial charge on any atom is -0.355 e. The fourth-order valence-corrected chi connectivity index (χ4v) is 7.29. The molecule has 154 valence electrons. The fourth-order valence-electron chi connectivity index (χ4n) is 3.72. The molecule has 0 aromatic heterocycles. The molecule has 1 N–H and O–H groups in total. The summed E-state index contributed by atoms with van der Waals surface area (Å²) in [5.74, 6) is -0.0804. The van der Waals surface area contributed by atoms with Crippen LogP contribution >= 0.6 is 7.05 Å². The lowest BCUT2D eigenvalue weighted by Crippen LogP contribution is -2.25. The molecule has 4 aromatic rings. The van der Waals surface area contributed by atoms with Crippen LogP contribution in [0.4, 0.5) is 0 Å². The van der Waals surface area contributed by atoms with E-state index in [4.69, 9.17) is 4.74 Å². The maximum Gasteiger partial charge on any atom is 0.251 e. The number of nitrogens with one attached hydrogen (secondary N) is 1. The molecular weight excluding hydrogens is 399 g/mol. The van der Waals surface area contributed by atoms with Gasteiger partial charge in [0.2, 0.25) is 0 Å². The molecule has 0 fully saturated rings. The standard InChI is InChI=1S/C27H25N2OP/c1-28-27(30)23-19-17-22(18-20-23)21-29-31(24-11-5-2-6-12-24,25-13-7-3-8-14-25)26-15-9-4-10-16-26/h2-20H,21H2,1H3,(H,28,30). The second-order valence-electron chi connectivity index (χ2n) is 7.22. The third-order valence-corrected chi connectivity index (χ3v) is 9.00. The Bertz CT molecular complexity index is 1090. The molecule has 0 aliphatic carbocycles. The maximum atomic E-state index is 11.9. The van der Waals surface area contributed by atoms with Gasteiger partial charge in [-0.2, -0.15) is 0 Å². The number of rotatable bonds is 6. The van der Waals surface area contributed by atoms with Gasteiger partial charge in [0, 0.05) is 28.5 Å². The van der Waals surface area contributed by atoms with Gasteiger partial charge >= 0.3 is 0 Å². The fraction of sp³-hybridized carbons (Fsp3) is 0.0741. The van der Waals surface area contributed by atoms with Crippen LogP contribution in [0.2, 0.25) is 0 Å². The van der Waals surface area contributed by atoms with Gasteiger partial charge in [-0.3, -0.25) is 9.54 Å². The van der Waals surface area contributed by atoms with E-state index in [2.05, 4.69) is 78.1 Å². The number of benzene rings is 4. The lowest BCUT2D eigenvalue weighted by molar-refractivity contribution is 0.0963. The van der Waals surface area contributed by atoms with Crippen molar-refractivity contribution in [2.24, 2.45) is 4.74 Å². The van der Waals surface area contributed by atoms with E-state index in [1.807, 2.05) is 42.5 Å². The molecule has 0 spiro atoms. The molecule has 0 aliphatic rings. The molecule has 0 atom stereocenters. The first-order valence-electron chi connectivity index (χ1n) is 10.3. The third kappa shape index (κ3) is 4.38. The van der Waals surface area contributed by atoms with Crippen LogP contribution in [0.1, 0.15) is 15.9 Å². The Morgan fingerprint density at radius 3 is 1.48 bits per heavy atom. The van der Waals surface area contributed by atoms with Gasteiger partial charge < -0.3 is 5.32 Å². The van der Waals surface area contributed by atoms with Crippen molar-refractivity contribution in [3.05, 3.63) is 126 Å². The molecule has 4 rings (SSSR count). The zero-order valence-electron chi connectivity index (χ0n) is 17.5. The van der Waals surface area contributed by atoms with Crippen LogP contribution in [0.3, 0.4) is 0 Å². The highest BCUT2D eigenvalue weighted by molar-refractivity contribution is 7.87. The Morgan fingerprint density at radius 1 is 0.677 bits per heavy atom. The Kier molecular flexibility index (Phi) is 6.45. The highest BCUT2D eigenvalue weighted by Crippen LogP contribution is 2.46. The van der Waals surface area contributed by atoms with E-state index < -0.39 is 7.05 Å². The summed E-state index contributed by atoms with van der Waals surface area (Å²) < 4.78 is 5.44. The number of nitrogens with zero attached hydrogens (tertiary/aromatic N) is 1. The smallest absolute Gasteiger partial charge is 0.251 e. The van der Waals surface area contributed by atoms with Gasteiger partial charge in [-0.05, 0) is 17.7 Å². The summed E-state index contributed by atoms with van der Waals surface area (Å²) in [4.78, 5) is 11.9. The molecule has 0 heterocycles. The average Bonchev–Trinajstić information content (AvgIpc) is 2.86. The van der Waals surface area contributed by atoms with Crippen molar-refractivity contribution in [2.45, 2.75) is 6.54 Å². The monoisotopic (exact) mass is 424 g/mol. The lowest BCUT2D eigenvalue weighted by Gasteiger charge is -2.27. The number of carbonyl (C=O) groups excluding carboxylic acids is 1. The van der Waals surface area contributed by atoms with Gasteiger partial charge in [-0.25, -0.2) is 0 Å². The molecule has 4 aromatic carbocycles. The normalized spacial score (nSPS) is 11.0. The Labute approximate surface area is 183 Å². The summed E-state index contributed by atoms with van der Waals surface area (Å²) in [5.41, 5.74) is 1.74. The second-order valence-corrected chi connectivity index (χ2v) is 10.3. The van der Waals surface area contributed by atoms with Crippen molar-refractivity contribution in [2.75, 3.05) is 7.05 Å². The van der Waals surface area contributed by atoms with Crippen molar-refractivity contribution in [3.8, 4) is 0 Å². The quantitative estimate of drug-likeness (QED) is 0.447. The Hall–Kier alpha value is -3.42. The first-order chi connectivity index (χ1) is 15.2. The predicted molar refractivity (Wildman–Crippen MR) is 131 cm³/mol. The highest BCUT2D eigenvalue weighted by Gasteiger charge is 2.26. The van der Waals surface area contributed by atoms with Gasteiger partial charge in [-0.1, -0.05) is 103 Å². The van der Waals surface area contributed by atoms with Crippen molar-refractivity contribution in [3.63, 3.8) is 0 Å². The average molecular weight is 424 g/mol. The predicted octanol–water partition coefficient (Wildman–Crippen LogP) is 4.72. The summed E-state index contributed by atoms with van der Waals surface area (Å²) in [5, 5.41) is 6.36. The minimum absolute atomic E-state index is 0.0804. The molecule has 1 amide bonds. The van der Waals surface area contributed by atoms with E-state index in [-0.39, 0.29) is 5.91 Å². The van der Waals surface area contributed by atoms with E-state index in [0.29, 0.717) is 12.1 Å². The van der Waals surface area contributed by atoms with E-state index >= 15 is 0 Å². The first kappa shape index (κ1) is 20.8. The largest absolute Gasteiger partial charge is 0.355 e.